The van der Waals surface area contributed by atoms with Crippen molar-refractivity contribution in [3.05, 3.63) is 32.9 Å². The van der Waals surface area contributed by atoms with Crippen molar-refractivity contribution in [3.63, 3.8) is 0 Å². The summed E-state index contributed by atoms with van der Waals surface area (Å²) >= 11 is 2.46. The fourth-order valence-electron chi connectivity index (χ4n) is 2.28. The number of nitrogens with two attached hydrogens (primary N) is 1. The molecule has 0 aromatic heterocycles. The predicted octanol–water partition coefficient (Wildman–Crippen LogP) is 3.19. The number of halogens is 1. The SMILES string of the molecule is Cc1cccc(C2CCC(N)C2)c1I. The molecule has 0 bridgehead atoms. The van der Waals surface area contributed by atoms with Crippen molar-refractivity contribution in [2.45, 2.75) is 38.1 Å². The molecule has 1 aromatic carbocycles. The van der Waals surface area contributed by atoms with Crippen molar-refractivity contribution in [3.8, 4) is 0 Å². The Morgan fingerprint density at radius 3 is 2.79 bits per heavy atom. The van der Waals surface area contributed by atoms with Gasteiger partial charge in [0.25, 0.3) is 0 Å². The average Bonchev–Trinajstić information content (AvgIpc) is 2.57. The minimum atomic E-state index is 0.427. The molecule has 0 spiro atoms. The van der Waals surface area contributed by atoms with E-state index in [1.54, 1.807) is 0 Å². The lowest BCUT2D eigenvalue weighted by atomic mass is 9.96. The van der Waals surface area contributed by atoms with Gasteiger partial charge in [-0.15, -0.1) is 0 Å². The van der Waals surface area contributed by atoms with Crippen LogP contribution < -0.4 is 5.73 Å². The maximum atomic E-state index is 5.95. The summed E-state index contributed by atoms with van der Waals surface area (Å²) < 4.78 is 1.43. The number of rotatable bonds is 1. The zero-order chi connectivity index (χ0) is 10.1. The van der Waals surface area contributed by atoms with Gasteiger partial charge in [0.2, 0.25) is 0 Å². The van der Waals surface area contributed by atoms with Crippen LogP contribution in [-0.2, 0) is 0 Å². The molecule has 1 saturated carbocycles. The van der Waals surface area contributed by atoms with Gasteiger partial charge in [-0.3, -0.25) is 0 Å². The minimum absolute atomic E-state index is 0.427. The molecule has 2 unspecified atom stereocenters. The lowest BCUT2D eigenvalue weighted by Gasteiger charge is -2.13. The van der Waals surface area contributed by atoms with Crippen molar-refractivity contribution < 1.29 is 0 Å². The van der Waals surface area contributed by atoms with Gasteiger partial charge in [0.05, 0.1) is 0 Å². The van der Waals surface area contributed by atoms with Gasteiger partial charge in [0.15, 0.2) is 0 Å². The van der Waals surface area contributed by atoms with Crippen LogP contribution in [0.4, 0.5) is 0 Å². The molecule has 1 aromatic rings. The zero-order valence-electron chi connectivity index (χ0n) is 8.46. The quantitative estimate of drug-likeness (QED) is 0.792. The van der Waals surface area contributed by atoms with Crippen molar-refractivity contribution in [1.29, 1.82) is 0 Å². The van der Waals surface area contributed by atoms with E-state index in [4.69, 9.17) is 5.73 Å². The van der Waals surface area contributed by atoms with Gasteiger partial charge in [-0.25, -0.2) is 0 Å². The molecule has 2 N–H and O–H groups in total. The van der Waals surface area contributed by atoms with E-state index >= 15 is 0 Å². The third-order valence-electron chi connectivity index (χ3n) is 3.13. The Morgan fingerprint density at radius 2 is 2.14 bits per heavy atom. The summed E-state index contributed by atoms with van der Waals surface area (Å²) in [5.41, 5.74) is 8.85. The second kappa shape index (κ2) is 4.19. The van der Waals surface area contributed by atoms with E-state index in [1.807, 2.05) is 0 Å². The topological polar surface area (TPSA) is 26.0 Å². The second-order valence-electron chi connectivity index (χ2n) is 4.25. The number of hydrogen-bond acceptors (Lipinski definition) is 1. The van der Waals surface area contributed by atoms with E-state index in [0.29, 0.717) is 12.0 Å². The Kier molecular flexibility index (Phi) is 3.12. The van der Waals surface area contributed by atoms with E-state index in [1.165, 1.54) is 34.0 Å². The number of hydrogen-bond donors (Lipinski definition) is 1. The van der Waals surface area contributed by atoms with E-state index < -0.39 is 0 Å². The third kappa shape index (κ3) is 1.96. The summed E-state index contributed by atoms with van der Waals surface area (Å²) in [6.07, 6.45) is 3.62. The summed E-state index contributed by atoms with van der Waals surface area (Å²) in [7, 11) is 0. The molecule has 76 valence electrons. The summed E-state index contributed by atoms with van der Waals surface area (Å²) in [4.78, 5) is 0. The first-order valence-electron chi connectivity index (χ1n) is 5.19. The molecule has 14 heavy (non-hydrogen) atoms. The fourth-order valence-corrected chi connectivity index (χ4v) is 3.08. The van der Waals surface area contributed by atoms with E-state index in [9.17, 15) is 0 Å². The van der Waals surface area contributed by atoms with Gasteiger partial charge in [-0.05, 0) is 65.8 Å². The highest BCUT2D eigenvalue weighted by molar-refractivity contribution is 14.1. The normalized spacial score (nSPS) is 26.8. The van der Waals surface area contributed by atoms with Crippen molar-refractivity contribution >= 4 is 22.6 Å². The van der Waals surface area contributed by atoms with Crippen LogP contribution in [0.1, 0.15) is 36.3 Å². The van der Waals surface area contributed by atoms with Crippen LogP contribution in [0.5, 0.6) is 0 Å². The Hall–Kier alpha value is -0.0900. The first kappa shape index (κ1) is 10.4. The van der Waals surface area contributed by atoms with Crippen LogP contribution in [0.15, 0.2) is 18.2 Å². The van der Waals surface area contributed by atoms with E-state index in [2.05, 4.69) is 47.7 Å². The molecule has 0 radical (unpaired) electrons. The van der Waals surface area contributed by atoms with E-state index in [0.717, 1.165) is 0 Å². The first-order chi connectivity index (χ1) is 6.68. The van der Waals surface area contributed by atoms with Crippen LogP contribution in [0.3, 0.4) is 0 Å². The molecule has 0 heterocycles. The predicted molar refractivity (Wildman–Crippen MR) is 68.5 cm³/mol. The fraction of sp³-hybridized carbons (Fsp3) is 0.500. The molecule has 1 fully saturated rings. The van der Waals surface area contributed by atoms with Gasteiger partial charge in [0, 0.05) is 9.61 Å². The largest absolute Gasteiger partial charge is 0.328 e. The molecular formula is C12H16IN. The summed E-state index contributed by atoms with van der Waals surface area (Å²) in [5, 5.41) is 0. The molecule has 1 aliphatic rings. The third-order valence-corrected chi connectivity index (χ3v) is 4.61. The lowest BCUT2D eigenvalue weighted by molar-refractivity contribution is 0.672. The zero-order valence-corrected chi connectivity index (χ0v) is 10.6. The molecule has 0 amide bonds. The maximum absolute atomic E-state index is 5.95. The Bertz CT molecular complexity index is 335. The standard InChI is InChI=1S/C12H16IN/c1-8-3-2-4-11(12(8)13)9-5-6-10(14)7-9/h2-4,9-10H,5-7,14H2,1H3. The summed E-state index contributed by atoms with van der Waals surface area (Å²) in [6.45, 7) is 2.18. The molecule has 2 atom stereocenters. The van der Waals surface area contributed by atoms with Gasteiger partial charge in [0.1, 0.15) is 0 Å². The minimum Gasteiger partial charge on any atom is -0.328 e. The van der Waals surface area contributed by atoms with Crippen LogP contribution in [-0.4, -0.2) is 6.04 Å². The van der Waals surface area contributed by atoms with Gasteiger partial charge in [-0.1, -0.05) is 18.2 Å². The van der Waals surface area contributed by atoms with Gasteiger partial charge in [-0.2, -0.15) is 0 Å². The molecule has 2 rings (SSSR count). The van der Waals surface area contributed by atoms with Crippen LogP contribution in [0, 0.1) is 10.5 Å². The van der Waals surface area contributed by atoms with Crippen LogP contribution in [0.2, 0.25) is 0 Å². The average molecular weight is 301 g/mol. The molecule has 2 heteroatoms. The highest BCUT2D eigenvalue weighted by Gasteiger charge is 2.24. The van der Waals surface area contributed by atoms with Gasteiger partial charge < -0.3 is 5.73 Å². The highest BCUT2D eigenvalue weighted by atomic mass is 127. The molecule has 0 saturated heterocycles. The monoisotopic (exact) mass is 301 g/mol. The second-order valence-corrected chi connectivity index (χ2v) is 5.33. The molecule has 1 nitrogen and oxygen atoms in total. The number of aryl methyl sites for hydroxylation is 1. The lowest BCUT2D eigenvalue weighted by Crippen LogP contribution is -2.14. The van der Waals surface area contributed by atoms with Crippen LogP contribution in [0.25, 0.3) is 0 Å². The van der Waals surface area contributed by atoms with E-state index in [-0.39, 0.29) is 0 Å². The highest BCUT2D eigenvalue weighted by Crippen LogP contribution is 2.36. The van der Waals surface area contributed by atoms with Crippen molar-refractivity contribution in [2.24, 2.45) is 5.73 Å². The molecule has 0 aliphatic heterocycles. The molecular weight excluding hydrogens is 285 g/mol. The number of benzene rings is 1. The Morgan fingerprint density at radius 1 is 1.36 bits per heavy atom. The smallest absolute Gasteiger partial charge is 0.0194 e. The summed E-state index contributed by atoms with van der Waals surface area (Å²) in [6, 6.07) is 7.03. The summed E-state index contributed by atoms with van der Waals surface area (Å²) in [5.74, 6) is 0.705. The van der Waals surface area contributed by atoms with Crippen LogP contribution >= 0.6 is 22.6 Å². The maximum Gasteiger partial charge on any atom is 0.0194 e. The van der Waals surface area contributed by atoms with Crippen molar-refractivity contribution in [2.75, 3.05) is 0 Å². The Balaban J connectivity index is 2.28. The van der Waals surface area contributed by atoms with Crippen molar-refractivity contribution in [1.82, 2.24) is 0 Å². The van der Waals surface area contributed by atoms with Gasteiger partial charge >= 0.3 is 0 Å². The molecule has 1 aliphatic carbocycles. The Labute approximate surface area is 99.2 Å². The first-order valence-corrected chi connectivity index (χ1v) is 6.27.